The highest BCUT2D eigenvalue weighted by atomic mass is 32.2. The van der Waals surface area contributed by atoms with Gasteiger partial charge in [-0.25, -0.2) is 4.98 Å². The maximum atomic E-state index is 5.01. The van der Waals surface area contributed by atoms with E-state index in [1.54, 1.807) is 30.2 Å². The predicted molar refractivity (Wildman–Crippen MR) is 97.6 cm³/mol. The molecule has 3 rings (SSSR count). The van der Waals surface area contributed by atoms with Gasteiger partial charge in [-0.1, -0.05) is 53.4 Å². The summed E-state index contributed by atoms with van der Waals surface area (Å²) in [5, 5.41) is 12.3. The highest BCUT2D eigenvalue weighted by molar-refractivity contribution is 8.00. The maximum Gasteiger partial charge on any atom is 0.206 e. The quantitative estimate of drug-likeness (QED) is 0.467. The van der Waals surface area contributed by atoms with Gasteiger partial charge in [0.2, 0.25) is 5.13 Å². The molecule has 0 fully saturated rings. The van der Waals surface area contributed by atoms with Crippen LogP contribution in [0.5, 0.6) is 0 Å². The molecule has 0 aliphatic carbocycles. The molecular formula is C16H19N5OS2. The van der Waals surface area contributed by atoms with Gasteiger partial charge in [-0.05, 0) is 5.56 Å². The molecule has 0 radical (unpaired) electrons. The molecule has 2 heterocycles. The number of rotatable bonds is 9. The van der Waals surface area contributed by atoms with Crippen LogP contribution >= 0.6 is 23.1 Å². The van der Waals surface area contributed by atoms with Crippen molar-refractivity contribution < 1.29 is 4.74 Å². The average Bonchev–Trinajstić information content (AvgIpc) is 3.24. The molecule has 2 aromatic heterocycles. The molecule has 1 N–H and O–H groups in total. The minimum absolute atomic E-state index is 0.652. The predicted octanol–water partition coefficient (Wildman–Crippen LogP) is 3.13. The molecule has 0 unspecified atom stereocenters. The number of methoxy groups -OCH3 is 1. The zero-order valence-corrected chi connectivity index (χ0v) is 15.0. The SMILES string of the molecule is COCCNc1nnc(SCc2nccn2Cc2ccccc2)s1. The first kappa shape index (κ1) is 16.9. The Morgan fingerprint density at radius 1 is 1.25 bits per heavy atom. The standard InChI is InChI=1S/C16H19N5OS2/c1-22-10-8-18-15-19-20-16(24-15)23-12-14-17-7-9-21(14)11-13-5-3-2-4-6-13/h2-7,9H,8,10-12H2,1H3,(H,18,19). The van der Waals surface area contributed by atoms with Gasteiger partial charge >= 0.3 is 0 Å². The second-order valence-corrected chi connectivity index (χ2v) is 7.24. The van der Waals surface area contributed by atoms with Crippen LogP contribution in [0.1, 0.15) is 11.4 Å². The fourth-order valence-corrected chi connectivity index (χ4v) is 3.87. The molecule has 0 spiro atoms. The van der Waals surface area contributed by atoms with Crippen LogP contribution in [0, 0.1) is 0 Å². The van der Waals surface area contributed by atoms with E-state index < -0.39 is 0 Å². The minimum atomic E-state index is 0.652. The van der Waals surface area contributed by atoms with Crippen molar-refractivity contribution >= 4 is 28.2 Å². The second kappa shape index (κ2) is 8.81. The second-order valence-electron chi connectivity index (χ2n) is 5.04. The lowest BCUT2D eigenvalue weighted by Gasteiger charge is -2.07. The van der Waals surface area contributed by atoms with Crippen molar-refractivity contribution in [1.29, 1.82) is 0 Å². The molecule has 6 nitrogen and oxygen atoms in total. The number of aromatic nitrogens is 4. The van der Waals surface area contributed by atoms with E-state index in [2.05, 4.69) is 49.3 Å². The van der Waals surface area contributed by atoms with E-state index in [1.165, 1.54) is 5.56 Å². The first-order chi connectivity index (χ1) is 11.8. The van der Waals surface area contributed by atoms with Gasteiger partial charge in [-0.15, -0.1) is 10.2 Å². The Morgan fingerprint density at radius 2 is 2.12 bits per heavy atom. The number of imidazole rings is 1. The average molecular weight is 361 g/mol. The molecule has 0 aliphatic heterocycles. The van der Waals surface area contributed by atoms with Crippen molar-refractivity contribution in [2.75, 3.05) is 25.6 Å². The highest BCUT2D eigenvalue weighted by Crippen LogP contribution is 2.27. The number of ether oxygens (including phenoxy) is 1. The first-order valence-electron chi connectivity index (χ1n) is 7.58. The summed E-state index contributed by atoms with van der Waals surface area (Å²) < 4.78 is 8.11. The summed E-state index contributed by atoms with van der Waals surface area (Å²) in [5.41, 5.74) is 1.27. The molecule has 126 valence electrons. The van der Waals surface area contributed by atoms with Gasteiger partial charge in [0.25, 0.3) is 0 Å². The van der Waals surface area contributed by atoms with Crippen LogP contribution in [0.3, 0.4) is 0 Å². The summed E-state index contributed by atoms with van der Waals surface area (Å²) in [6.45, 7) is 2.22. The summed E-state index contributed by atoms with van der Waals surface area (Å²) >= 11 is 3.21. The van der Waals surface area contributed by atoms with Gasteiger partial charge in [-0.2, -0.15) is 0 Å². The largest absolute Gasteiger partial charge is 0.383 e. The molecule has 24 heavy (non-hydrogen) atoms. The van der Waals surface area contributed by atoms with Gasteiger partial charge < -0.3 is 14.6 Å². The third-order valence-electron chi connectivity index (χ3n) is 3.31. The molecular weight excluding hydrogens is 342 g/mol. The Labute approximate surface area is 149 Å². The normalized spacial score (nSPS) is 10.9. The van der Waals surface area contributed by atoms with Crippen LogP contribution in [0.25, 0.3) is 0 Å². The lowest BCUT2D eigenvalue weighted by atomic mass is 10.2. The van der Waals surface area contributed by atoms with Crippen LogP contribution < -0.4 is 5.32 Å². The zero-order chi connectivity index (χ0) is 16.6. The van der Waals surface area contributed by atoms with E-state index in [-0.39, 0.29) is 0 Å². The van der Waals surface area contributed by atoms with Crippen LogP contribution in [-0.4, -0.2) is 40.0 Å². The molecule has 1 aromatic carbocycles. The number of thioether (sulfide) groups is 1. The molecule has 0 aliphatic rings. The number of hydrogen-bond acceptors (Lipinski definition) is 7. The van der Waals surface area contributed by atoms with E-state index in [9.17, 15) is 0 Å². The number of nitrogens with one attached hydrogen (secondary N) is 1. The van der Waals surface area contributed by atoms with Crippen molar-refractivity contribution in [3.63, 3.8) is 0 Å². The summed E-state index contributed by atoms with van der Waals surface area (Å²) in [7, 11) is 1.68. The van der Waals surface area contributed by atoms with Gasteiger partial charge in [0, 0.05) is 32.6 Å². The first-order valence-corrected chi connectivity index (χ1v) is 9.38. The smallest absolute Gasteiger partial charge is 0.206 e. The van der Waals surface area contributed by atoms with Crippen LogP contribution in [0.15, 0.2) is 47.1 Å². The molecule has 0 bridgehead atoms. The minimum Gasteiger partial charge on any atom is -0.383 e. The summed E-state index contributed by atoms with van der Waals surface area (Å²) in [4.78, 5) is 4.46. The Hall–Kier alpha value is -1.90. The maximum absolute atomic E-state index is 5.01. The Morgan fingerprint density at radius 3 is 2.96 bits per heavy atom. The lowest BCUT2D eigenvalue weighted by Crippen LogP contribution is -2.06. The Bertz CT molecular complexity index is 744. The van der Waals surface area contributed by atoms with Gasteiger partial charge in [0.15, 0.2) is 4.34 Å². The zero-order valence-electron chi connectivity index (χ0n) is 13.4. The summed E-state index contributed by atoms with van der Waals surface area (Å²) in [6.07, 6.45) is 3.86. The van der Waals surface area contributed by atoms with Crippen LogP contribution in [0.2, 0.25) is 0 Å². The lowest BCUT2D eigenvalue weighted by molar-refractivity contribution is 0.211. The number of hydrogen-bond donors (Lipinski definition) is 1. The monoisotopic (exact) mass is 361 g/mol. The number of anilines is 1. The third-order valence-corrected chi connectivity index (χ3v) is 5.32. The van der Waals surface area contributed by atoms with Crippen LogP contribution in [-0.2, 0) is 17.0 Å². The fraction of sp³-hybridized carbons (Fsp3) is 0.312. The third kappa shape index (κ3) is 4.80. The molecule has 0 atom stereocenters. The van der Waals surface area contributed by atoms with E-state index in [1.807, 2.05) is 18.5 Å². The fourth-order valence-electron chi connectivity index (χ4n) is 2.13. The molecule has 0 saturated heterocycles. The van der Waals surface area contributed by atoms with Gasteiger partial charge in [0.05, 0.1) is 12.4 Å². The van der Waals surface area contributed by atoms with Crippen LogP contribution in [0.4, 0.5) is 5.13 Å². The van der Waals surface area contributed by atoms with E-state index in [0.29, 0.717) is 6.61 Å². The number of nitrogens with zero attached hydrogens (tertiary/aromatic N) is 4. The summed E-state index contributed by atoms with van der Waals surface area (Å²) in [5.74, 6) is 1.81. The molecule has 8 heteroatoms. The highest BCUT2D eigenvalue weighted by Gasteiger charge is 2.08. The topological polar surface area (TPSA) is 64.9 Å². The van der Waals surface area contributed by atoms with E-state index in [4.69, 9.17) is 4.74 Å². The van der Waals surface area contributed by atoms with Gasteiger partial charge in [-0.3, -0.25) is 0 Å². The number of benzene rings is 1. The van der Waals surface area contributed by atoms with Crippen molar-refractivity contribution in [1.82, 2.24) is 19.7 Å². The Kier molecular flexibility index (Phi) is 6.22. The molecule has 3 aromatic rings. The van der Waals surface area contributed by atoms with Crippen molar-refractivity contribution in [3.05, 3.63) is 54.1 Å². The molecule has 0 amide bonds. The van der Waals surface area contributed by atoms with Crippen molar-refractivity contribution in [2.24, 2.45) is 0 Å². The Balaban J connectivity index is 1.55. The van der Waals surface area contributed by atoms with Gasteiger partial charge in [0.1, 0.15) is 5.82 Å². The van der Waals surface area contributed by atoms with E-state index >= 15 is 0 Å². The van der Waals surface area contributed by atoms with Crippen molar-refractivity contribution in [2.45, 2.75) is 16.6 Å². The summed E-state index contributed by atoms with van der Waals surface area (Å²) in [6, 6.07) is 10.4. The van der Waals surface area contributed by atoms with Crippen molar-refractivity contribution in [3.8, 4) is 0 Å². The molecule has 0 saturated carbocycles. The van der Waals surface area contributed by atoms with E-state index in [0.717, 1.165) is 34.1 Å².